The molecule has 37 heavy (non-hydrogen) atoms. The highest BCUT2D eigenvalue weighted by Crippen LogP contribution is 2.34. The van der Waals surface area contributed by atoms with Crippen molar-refractivity contribution in [2.75, 3.05) is 7.11 Å². The fourth-order valence-electron chi connectivity index (χ4n) is 4.05. The lowest BCUT2D eigenvalue weighted by Gasteiger charge is -2.09. The van der Waals surface area contributed by atoms with E-state index in [1.807, 2.05) is 55.5 Å². The minimum Gasteiger partial charge on any atom is -0.493 e. The number of benzene rings is 3. The number of ether oxygens (including phenoxy) is 2. The summed E-state index contributed by atoms with van der Waals surface area (Å²) in [6, 6.07) is 23.7. The number of nitrogens with zero attached hydrogens (tertiary/aromatic N) is 1. The number of nitrogens with one attached hydrogen (secondary N) is 2. The predicted octanol–water partition coefficient (Wildman–Crippen LogP) is 5.73. The van der Waals surface area contributed by atoms with Gasteiger partial charge in [-0.25, -0.2) is 10.2 Å². The van der Waals surface area contributed by atoms with Crippen molar-refractivity contribution in [3.8, 4) is 22.6 Å². The van der Waals surface area contributed by atoms with Gasteiger partial charge in [-0.3, -0.25) is 4.79 Å². The number of rotatable bonds is 7. The molecule has 0 unspecified atom stereocenters. The molecule has 5 rings (SSSR count). The van der Waals surface area contributed by atoms with E-state index in [4.69, 9.17) is 13.9 Å². The average molecular weight is 494 g/mol. The number of hydrogen-bond donors (Lipinski definition) is 2. The van der Waals surface area contributed by atoms with Gasteiger partial charge in [-0.2, -0.15) is 5.10 Å². The van der Waals surface area contributed by atoms with Crippen molar-refractivity contribution in [2.45, 2.75) is 6.92 Å². The topological polar surface area (TPSA) is 106 Å². The molecule has 0 radical (unpaired) electrons. The van der Waals surface area contributed by atoms with Gasteiger partial charge in [-0.1, -0.05) is 48.5 Å². The molecule has 8 nitrogen and oxygen atoms in total. The molecule has 2 N–H and O–H groups in total. The fraction of sp³-hybridized carbons (Fsp3) is 0.0690. The van der Waals surface area contributed by atoms with Gasteiger partial charge in [-0.15, -0.1) is 0 Å². The number of carbonyl (C=O) groups excluding carboxylic acids is 2. The van der Waals surface area contributed by atoms with Crippen molar-refractivity contribution in [2.24, 2.45) is 5.10 Å². The van der Waals surface area contributed by atoms with Gasteiger partial charge in [0.25, 0.3) is 5.91 Å². The molecular formula is C29H23N3O5. The van der Waals surface area contributed by atoms with Crippen molar-refractivity contribution < 1.29 is 23.5 Å². The molecule has 0 atom stereocenters. The van der Waals surface area contributed by atoms with Crippen LogP contribution in [-0.4, -0.2) is 30.2 Å². The van der Waals surface area contributed by atoms with Crippen LogP contribution in [0.25, 0.3) is 22.0 Å². The van der Waals surface area contributed by atoms with Gasteiger partial charge in [-0.05, 0) is 53.9 Å². The number of hydrazone groups is 1. The number of aromatic amines is 1. The Morgan fingerprint density at radius 1 is 0.973 bits per heavy atom. The zero-order valence-corrected chi connectivity index (χ0v) is 20.1. The third kappa shape index (κ3) is 4.85. The van der Waals surface area contributed by atoms with Crippen LogP contribution in [0.3, 0.4) is 0 Å². The Morgan fingerprint density at radius 2 is 1.81 bits per heavy atom. The Morgan fingerprint density at radius 3 is 2.57 bits per heavy atom. The molecule has 0 aliphatic rings. The van der Waals surface area contributed by atoms with E-state index in [1.54, 1.807) is 24.3 Å². The van der Waals surface area contributed by atoms with Gasteiger partial charge in [0.1, 0.15) is 5.69 Å². The fourth-order valence-corrected chi connectivity index (χ4v) is 4.05. The highest BCUT2D eigenvalue weighted by Gasteiger charge is 2.20. The number of methoxy groups -OCH3 is 1. The Kier molecular flexibility index (Phi) is 6.54. The third-order valence-corrected chi connectivity index (χ3v) is 5.82. The van der Waals surface area contributed by atoms with E-state index in [1.165, 1.54) is 25.7 Å². The molecule has 0 saturated heterocycles. The highest BCUT2D eigenvalue weighted by atomic mass is 16.6. The maximum absolute atomic E-state index is 13.2. The van der Waals surface area contributed by atoms with E-state index >= 15 is 0 Å². The van der Waals surface area contributed by atoms with Crippen LogP contribution in [0.5, 0.6) is 11.5 Å². The molecule has 0 aliphatic heterocycles. The smallest absolute Gasteiger partial charge is 0.379 e. The standard InChI is InChI=1S/C29H23N3O5/c1-18-8-6-11-21-25(20-9-4-3-5-10-20)27(31-26(18)21)28(33)32-30-17-19-13-14-22(24(16-19)35-2)37-29(34)23-12-7-15-36-23/h3-17,31H,1-2H3,(H,32,33). The molecule has 2 heterocycles. The number of esters is 1. The number of carbonyl (C=O) groups is 2. The largest absolute Gasteiger partial charge is 0.493 e. The van der Waals surface area contributed by atoms with Crippen LogP contribution >= 0.6 is 0 Å². The molecule has 0 bridgehead atoms. The van der Waals surface area contributed by atoms with Crippen LogP contribution in [-0.2, 0) is 0 Å². The summed E-state index contributed by atoms with van der Waals surface area (Å²) in [6.45, 7) is 2.00. The molecule has 5 aromatic rings. The number of aryl methyl sites for hydroxylation is 1. The average Bonchev–Trinajstić information content (AvgIpc) is 3.59. The van der Waals surface area contributed by atoms with Gasteiger partial charge in [0.2, 0.25) is 5.76 Å². The zero-order valence-electron chi connectivity index (χ0n) is 20.1. The first kappa shape index (κ1) is 23.6. The lowest BCUT2D eigenvalue weighted by Crippen LogP contribution is -2.18. The second-order valence-corrected chi connectivity index (χ2v) is 8.21. The Balaban J connectivity index is 1.37. The number of amides is 1. The number of H-pyrrole nitrogens is 1. The van der Waals surface area contributed by atoms with E-state index in [0.29, 0.717) is 17.0 Å². The van der Waals surface area contributed by atoms with E-state index in [9.17, 15) is 9.59 Å². The van der Waals surface area contributed by atoms with E-state index in [0.717, 1.165) is 27.6 Å². The van der Waals surface area contributed by atoms with Crippen molar-refractivity contribution >= 4 is 29.0 Å². The number of para-hydroxylation sites is 1. The SMILES string of the molecule is COc1cc(C=NNC(=O)c2[nH]c3c(C)cccc3c2-c2ccccc2)ccc1OC(=O)c1ccco1. The van der Waals surface area contributed by atoms with Gasteiger partial charge >= 0.3 is 5.97 Å². The van der Waals surface area contributed by atoms with Crippen LogP contribution in [0.15, 0.2) is 94.6 Å². The number of furan rings is 1. The third-order valence-electron chi connectivity index (χ3n) is 5.82. The molecule has 0 spiro atoms. The van der Waals surface area contributed by atoms with Crippen molar-refractivity contribution in [3.63, 3.8) is 0 Å². The quantitative estimate of drug-likeness (QED) is 0.130. The van der Waals surface area contributed by atoms with Gasteiger partial charge in [0, 0.05) is 16.5 Å². The molecule has 0 saturated carbocycles. The predicted molar refractivity (Wildman–Crippen MR) is 140 cm³/mol. The van der Waals surface area contributed by atoms with Crippen LogP contribution in [0.2, 0.25) is 0 Å². The van der Waals surface area contributed by atoms with Crippen LogP contribution in [0.4, 0.5) is 0 Å². The molecule has 1 amide bonds. The molecule has 0 fully saturated rings. The monoisotopic (exact) mass is 493 g/mol. The summed E-state index contributed by atoms with van der Waals surface area (Å²) >= 11 is 0. The first-order valence-electron chi connectivity index (χ1n) is 11.5. The summed E-state index contributed by atoms with van der Waals surface area (Å²) in [6.07, 6.45) is 2.87. The summed E-state index contributed by atoms with van der Waals surface area (Å²) in [4.78, 5) is 28.6. The van der Waals surface area contributed by atoms with Crippen LogP contribution in [0, 0.1) is 6.92 Å². The maximum Gasteiger partial charge on any atom is 0.379 e. The summed E-state index contributed by atoms with van der Waals surface area (Å²) in [5.74, 6) is -0.377. The van der Waals surface area contributed by atoms with Crippen molar-refractivity contribution in [1.82, 2.24) is 10.4 Å². The van der Waals surface area contributed by atoms with E-state index < -0.39 is 5.97 Å². The summed E-state index contributed by atoms with van der Waals surface area (Å²) in [5.41, 5.74) is 7.34. The molecule has 184 valence electrons. The molecule has 0 aliphatic carbocycles. The second kappa shape index (κ2) is 10.2. The van der Waals surface area contributed by atoms with E-state index in [2.05, 4.69) is 15.5 Å². The lowest BCUT2D eigenvalue weighted by atomic mass is 10.0. The Bertz CT molecular complexity index is 1600. The van der Waals surface area contributed by atoms with Gasteiger partial charge < -0.3 is 18.9 Å². The summed E-state index contributed by atoms with van der Waals surface area (Å²) in [7, 11) is 1.46. The Hall–Kier alpha value is -5.11. The molecule has 2 aromatic heterocycles. The van der Waals surface area contributed by atoms with Crippen molar-refractivity contribution in [3.05, 3.63) is 108 Å². The molecular weight excluding hydrogens is 470 g/mol. The summed E-state index contributed by atoms with van der Waals surface area (Å²) in [5, 5.41) is 5.09. The van der Waals surface area contributed by atoms with Crippen LogP contribution < -0.4 is 14.9 Å². The first-order chi connectivity index (χ1) is 18.0. The zero-order chi connectivity index (χ0) is 25.8. The highest BCUT2D eigenvalue weighted by molar-refractivity contribution is 6.10. The van der Waals surface area contributed by atoms with Gasteiger partial charge in [0.05, 0.1) is 19.6 Å². The minimum absolute atomic E-state index is 0.0810. The normalized spacial score (nSPS) is 11.1. The summed E-state index contributed by atoms with van der Waals surface area (Å²) < 4.78 is 15.8. The van der Waals surface area contributed by atoms with Crippen molar-refractivity contribution in [1.29, 1.82) is 0 Å². The second-order valence-electron chi connectivity index (χ2n) is 8.21. The van der Waals surface area contributed by atoms with E-state index in [-0.39, 0.29) is 17.4 Å². The molecule has 8 heteroatoms. The van der Waals surface area contributed by atoms with Gasteiger partial charge in [0.15, 0.2) is 11.5 Å². The first-order valence-corrected chi connectivity index (χ1v) is 11.5. The van der Waals surface area contributed by atoms with Crippen LogP contribution in [0.1, 0.15) is 32.2 Å². The lowest BCUT2D eigenvalue weighted by molar-refractivity contribution is 0.0696. The number of fused-ring (bicyclic) bond motifs is 1. The number of hydrogen-bond acceptors (Lipinski definition) is 6. The Labute approximate surface area is 212 Å². The number of aromatic nitrogens is 1. The maximum atomic E-state index is 13.2. The minimum atomic E-state index is -0.639. The molecule has 3 aromatic carbocycles.